The van der Waals surface area contributed by atoms with Crippen molar-refractivity contribution in [2.24, 2.45) is 0 Å². The van der Waals surface area contributed by atoms with E-state index in [0.29, 0.717) is 24.5 Å². The Morgan fingerprint density at radius 2 is 2.25 bits per heavy atom. The minimum atomic E-state index is -0.0801. The number of nitrogens with zero attached hydrogens (tertiary/aromatic N) is 1. The second-order valence-electron chi connectivity index (χ2n) is 4.47. The number of hydrogen-bond acceptors (Lipinski definition) is 4. The van der Waals surface area contributed by atoms with E-state index in [2.05, 4.69) is 22.5 Å². The van der Waals surface area contributed by atoms with Gasteiger partial charge in [-0.25, -0.2) is 4.98 Å². The Hall–Kier alpha value is -2.30. The van der Waals surface area contributed by atoms with Crippen LogP contribution in [0, 0.1) is 0 Å². The molecule has 2 heterocycles. The summed E-state index contributed by atoms with van der Waals surface area (Å²) in [5.41, 5.74) is 0.574. The summed E-state index contributed by atoms with van der Waals surface area (Å²) in [5, 5.41) is 5.99. The Morgan fingerprint density at radius 3 is 2.90 bits per heavy atom. The Labute approximate surface area is 118 Å². The molecule has 0 atom stereocenters. The molecular weight excluding hydrogens is 254 g/mol. The molecule has 0 bridgehead atoms. The Bertz CT molecular complexity index is 521. The van der Waals surface area contributed by atoms with Crippen molar-refractivity contribution in [3.8, 4) is 0 Å². The van der Waals surface area contributed by atoms with Crippen molar-refractivity contribution in [2.75, 3.05) is 11.9 Å². The van der Waals surface area contributed by atoms with Crippen LogP contribution in [-0.2, 0) is 6.54 Å². The van der Waals surface area contributed by atoms with E-state index in [1.165, 1.54) is 0 Å². The van der Waals surface area contributed by atoms with Crippen LogP contribution in [0.4, 0.5) is 5.82 Å². The van der Waals surface area contributed by atoms with Gasteiger partial charge in [0, 0.05) is 12.7 Å². The van der Waals surface area contributed by atoms with Gasteiger partial charge in [-0.2, -0.15) is 0 Å². The van der Waals surface area contributed by atoms with Crippen molar-refractivity contribution in [2.45, 2.75) is 26.3 Å². The summed E-state index contributed by atoms with van der Waals surface area (Å²) < 4.78 is 5.22. The topological polar surface area (TPSA) is 67.2 Å². The standard InChI is InChI=1S/C15H19N3O2/c1-2-3-8-16-15(19)12-6-7-14(17-10-12)18-11-13-5-4-9-20-13/h4-7,9-10H,2-3,8,11H2,1H3,(H,16,19)(H,17,18). The fourth-order valence-electron chi connectivity index (χ4n) is 1.70. The van der Waals surface area contributed by atoms with Crippen molar-refractivity contribution >= 4 is 11.7 Å². The van der Waals surface area contributed by atoms with Crippen LogP contribution in [0.1, 0.15) is 35.9 Å². The molecule has 2 aromatic heterocycles. The van der Waals surface area contributed by atoms with E-state index in [9.17, 15) is 4.79 Å². The minimum absolute atomic E-state index is 0.0801. The number of aromatic nitrogens is 1. The molecular formula is C15H19N3O2. The SMILES string of the molecule is CCCCNC(=O)c1ccc(NCc2ccco2)nc1. The Balaban J connectivity index is 1.84. The van der Waals surface area contributed by atoms with Gasteiger partial charge in [-0.1, -0.05) is 13.3 Å². The lowest BCUT2D eigenvalue weighted by Gasteiger charge is -2.06. The van der Waals surface area contributed by atoms with Gasteiger partial charge in [-0.15, -0.1) is 0 Å². The highest BCUT2D eigenvalue weighted by atomic mass is 16.3. The molecule has 5 nitrogen and oxygen atoms in total. The number of rotatable bonds is 7. The number of carbonyl (C=O) groups is 1. The maximum Gasteiger partial charge on any atom is 0.252 e. The first-order chi connectivity index (χ1) is 9.79. The van der Waals surface area contributed by atoms with Crippen molar-refractivity contribution in [3.05, 3.63) is 48.0 Å². The van der Waals surface area contributed by atoms with E-state index in [0.717, 1.165) is 18.6 Å². The molecule has 0 fully saturated rings. The molecule has 0 aliphatic carbocycles. The second kappa shape index (κ2) is 7.33. The lowest BCUT2D eigenvalue weighted by molar-refractivity contribution is 0.0953. The minimum Gasteiger partial charge on any atom is -0.467 e. The fourth-order valence-corrected chi connectivity index (χ4v) is 1.70. The maximum atomic E-state index is 11.8. The average molecular weight is 273 g/mol. The summed E-state index contributed by atoms with van der Waals surface area (Å²) in [4.78, 5) is 16.0. The van der Waals surface area contributed by atoms with Gasteiger partial charge in [0.25, 0.3) is 5.91 Å². The van der Waals surface area contributed by atoms with E-state index < -0.39 is 0 Å². The van der Waals surface area contributed by atoms with Crippen LogP contribution in [0.25, 0.3) is 0 Å². The Kier molecular flexibility index (Phi) is 5.17. The van der Waals surface area contributed by atoms with Gasteiger partial charge in [0.05, 0.1) is 18.4 Å². The maximum absolute atomic E-state index is 11.8. The fraction of sp³-hybridized carbons (Fsp3) is 0.333. The first-order valence-electron chi connectivity index (χ1n) is 6.80. The average Bonchev–Trinajstić information content (AvgIpc) is 2.99. The highest BCUT2D eigenvalue weighted by Crippen LogP contribution is 2.08. The van der Waals surface area contributed by atoms with Gasteiger partial charge < -0.3 is 15.1 Å². The molecule has 0 aliphatic rings. The van der Waals surface area contributed by atoms with E-state index in [1.54, 1.807) is 24.6 Å². The third-order valence-electron chi connectivity index (χ3n) is 2.87. The molecule has 0 unspecified atom stereocenters. The lowest BCUT2D eigenvalue weighted by atomic mass is 10.2. The van der Waals surface area contributed by atoms with Crippen LogP contribution in [0.2, 0.25) is 0 Å². The monoisotopic (exact) mass is 273 g/mol. The van der Waals surface area contributed by atoms with Gasteiger partial charge in [0.2, 0.25) is 0 Å². The predicted octanol–water partition coefficient (Wildman–Crippen LogP) is 2.82. The number of hydrogen-bond donors (Lipinski definition) is 2. The molecule has 2 rings (SSSR count). The normalized spacial score (nSPS) is 10.2. The lowest BCUT2D eigenvalue weighted by Crippen LogP contribution is -2.24. The number of carbonyl (C=O) groups excluding carboxylic acids is 1. The molecule has 0 radical (unpaired) electrons. The van der Waals surface area contributed by atoms with E-state index in [4.69, 9.17) is 4.42 Å². The number of unbranched alkanes of at least 4 members (excludes halogenated alkanes) is 1. The van der Waals surface area contributed by atoms with Gasteiger partial charge in [-0.3, -0.25) is 4.79 Å². The molecule has 0 spiro atoms. The van der Waals surface area contributed by atoms with Crippen molar-refractivity contribution in [1.29, 1.82) is 0 Å². The molecule has 0 aliphatic heterocycles. The number of anilines is 1. The summed E-state index contributed by atoms with van der Waals surface area (Å²) in [7, 11) is 0. The molecule has 1 amide bonds. The number of amides is 1. The summed E-state index contributed by atoms with van der Waals surface area (Å²) in [6.45, 7) is 3.36. The van der Waals surface area contributed by atoms with Gasteiger partial charge >= 0.3 is 0 Å². The molecule has 0 saturated carbocycles. The summed E-state index contributed by atoms with van der Waals surface area (Å²) in [6, 6.07) is 7.28. The molecule has 20 heavy (non-hydrogen) atoms. The van der Waals surface area contributed by atoms with Crippen LogP contribution < -0.4 is 10.6 Å². The van der Waals surface area contributed by atoms with E-state index in [-0.39, 0.29) is 5.91 Å². The van der Waals surface area contributed by atoms with E-state index in [1.807, 2.05) is 12.1 Å². The molecule has 0 saturated heterocycles. The highest BCUT2D eigenvalue weighted by molar-refractivity contribution is 5.93. The van der Waals surface area contributed by atoms with Gasteiger partial charge in [0.1, 0.15) is 11.6 Å². The first-order valence-corrected chi connectivity index (χ1v) is 6.80. The summed E-state index contributed by atoms with van der Waals surface area (Å²) in [5.74, 6) is 1.48. The number of nitrogens with one attached hydrogen (secondary N) is 2. The van der Waals surface area contributed by atoms with Crippen molar-refractivity contribution in [1.82, 2.24) is 10.3 Å². The molecule has 106 valence electrons. The Morgan fingerprint density at radius 1 is 1.35 bits per heavy atom. The highest BCUT2D eigenvalue weighted by Gasteiger charge is 2.05. The zero-order valence-corrected chi connectivity index (χ0v) is 11.6. The van der Waals surface area contributed by atoms with Gasteiger partial charge in [-0.05, 0) is 30.7 Å². The third-order valence-corrected chi connectivity index (χ3v) is 2.87. The van der Waals surface area contributed by atoms with Gasteiger partial charge in [0.15, 0.2) is 0 Å². The van der Waals surface area contributed by atoms with Crippen LogP contribution >= 0.6 is 0 Å². The van der Waals surface area contributed by atoms with Crippen LogP contribution in [0.3, 0.4) is 0 Å². The number of furan rings is 1. The molecule has 2 N–H and O–H groups in total. The van der Waals surface area contributed by atoms with Crippen LogP contribution in [0.15, 0.2) is 41.1 Å². The van der Waals surface area contributed by atoms with E-state index >= 15 is 0 Å². The number of pyridine rings is 1. The summed E-state index contributed by atoms with van der Waals surface area (Å²) in [6.07, 6.45) is 5.26. The first kappa shape index (κ1) is 14.1. The molecule has 5 heteroatoms. The van der Waals surface area contributed by atoms with Crippen molar-refractivity contribution < 1.29 is 9.21 Å². The zero-order chi connectivity index (χ0) is 14.2. The predicted molar refractivity (Wildman–Crippen MR) is 77.5 cm³/mol. The second-order valence-corrected chi connectivity index (χ2v) is 4.47. The van der Waals surface area contributed by atoms with Crippen LogP contribution in [-0.4, -0.2) is 17.4 Å². The zero-order valence-electron chi connectivity index (χ0n) is 11.6. The smallest absolute Gasteiger partial charge is 0.252 e. The largest absolute Gasteiger partial charge is 0.467 e. The quantitative estimate of drug-likeness (QED) is 0.761. The third kappa shape index (κ3) is 4.12. The van der Waals surface area contributed by atoms with Crippen molar-refractivity contribution in [3.63, 3.8) is 0 Å². The van der Waals surface area contributed by atoms with Crippen LogP contribution in [0.5, 0.6) is 0 Å². The molecule has 2 aromatic rings. The molecule has 0 aromatic carbocycles. The summed E-state index contributed by atoms with van der Waals surface area (Å²) >= 11 is 0.